The second-order valence-corrected chi connectivity index (χ2v) is 6.50. The number of hydrogen-bond acceptors (Lipinski definition) is 3. The van der Waals surface area contributed by atoms with Crippen molar-refractivity contribution < 1.29 is 4.74 Å². The molecule has 3 heteroatoms. The SMILES string of the molecule is COc1cc(C)cc(C)c1C(CCC1CCCCC1)NN. The summed E-state index contributed by atoms with van der Waals surface area (Å²) in [5.74, 6) is 7.68. The van der Waals surface area contributed by atoms with Crippen molar-refractivity contribution in [3.8, 4) is 5.75 Å². The smallest absolute Gasteiger partial charge is 0.124 e. The van der Waals surface area contributed by atoms with Crippen molar-refractivity contribution in [2.24, 2.45) is 11.8 Å². The van der Waals surface area contributed by atoms with Crippen molar-refractivity contribution in [3.63, 3.8) is 0 Å². The lowest BCUT2D eigenvalue weighted by molar-refractivity contribution is 0.311. The first-order valence-electron chi connectivity index (χ1n) is 8.27. The van der Waals surface area contributed by atoms with E-state index in [1.807, 2.05) is 0 Å². The number of nitrogens with one attached hydrogen (secondary N) is 1. The second-order valence-electron chi connectivity index (χ2n) is 6.50. The minimum atomic E-state index is 0.183. The molecule has 1 aliphatic rings. The lowest BCUT2D eigenvalue weighted by Gasteiger charge is -2.26. The van der Waals surface area contributed by atoms with Crippen LogP contribution in [0.3, 0.4) is 0 Å². The average Bonchev–Trinajstić information content (AvgIpc) is 2.50. The van der Waals surface area contributed by atoms with Gasteiger partial charge in [-0.2, -0.15) is 0 Å². The molecule has 1 aliphatic carbocycles. The zero-order valence-electron chi connectivity index (χ0n) is 13.7. The maximum absolute atomic E-state index is 5.85. The van der Waals surface area contributed by atoms with Crippen LogP contribution in [0.5, 0.6) is 5.75 Å². The molecular formula is C18H30N2O. The number of ether oxygens (including phenoxy) is 1. The van der Waals surface area contributed by atoms with Gasteiger partial charge in [-0.1, -0.05) is 38.2 Å². The Labute approximate surface area is 129 Å². The zero-order valence-corrected chi connectivity index (χ0v) is 13.7. The molecule has 0 radical (unpaired) electrons. The predicted octanol–water partition coefficient (Wildman–Crippen LogP) is 4.18. The fourth-order valence-electron chi connectivity index (χ4n) is 3.74. The molecule has 3 nitrogen and oxygen atoms in total. The summed E-state index contributed by atoms with van der Waals surface area (Å²) in [4.78, 5) is 0. The molecule has 3 N–H and O–H groups in total. The van der Waals surface area contributed by atoms with Crippen molar-refractivity contribution in [3.05, 3.63) is 28.8 Å². The summed E-state index contributed by atoms with van der Waals surface area (Å²) in [7, 11) is 1.74. The van der Waals surface area contributed by atoms with E-state index in [1.165, 1.54) is 55.2 Å². The molecule has 0 aromatic heterocycles. The molecule has 21 heavy (non-hydrogen) atoms. The minimum absolute atomic E-state index is 0.183. The van der Waals surface area contributed by atoms with Gasteiger partial charge in [0.2, 0.25) is 0 Å². The van der Waals surface area contributed by atoms with Crippen LogP contribution in [0.15, 0.2) is 12.1 Å². The number of nitrogens with two attached hydrogens (primary N) is 1. The van der Waals surface area contributed by atoms with E-state index in [0.29, 0.717) is 0 Å². The lowest BCUT2D eigenvalue weighted by atomic mass is 9.84. The van der Waals surface area contributed by atoms with Crippen molar-refractivity contribution in [1.29, 1.82) is 0 Å². The highest BCUT2D eigenvalue weighted by Crippen LogP contribution is 2.35. The summed E-state index contributed by atoms with van der Waals surface area (Å²) in [5.41, 5.74) is 6.73. The Hall–Kier alpha value is -1.06. The van der Waals surface area contributed by atoms with E-state index in [-0.39, 0.29) is 6.04 Å². The summed E-state index contributed by atoms with van der Waals surface area (Å²) >= 11 is 0. The van der Waals surface area contributed by atoms with E-state index in [2.05, 4.69) is 31.4 Å². The van der Waals surface area contributed by atoms with Gasteiger partial charge in [-0.25, -0.2) is 0 Å². The van der Waals surface area contributed by atoms with Gasteiger partial charge in [-0.05, 0) is 49.8 Å². The maximum atomic E-state index is 5.85. The van der Waals surface area contributed by atoms with Gasteiger partial charge in [0.15, 0.2) is 0 Å². The summed E-state index contributed by atoms with van der Waals surface area (Å²) in [5, 5.41) is 0. The van der Waals surface area contributed by atoms with Crippen LogP contribution in [0.1, 0.15) is 67.7 Å². The molecular weight excluding hydrogens is 260 g/mol. The van der Waals surface area contributed by atoms with Gasteiger partial charge >= 0.3 is 0 Å². The van der Waals surface area contributed by atoms with Gasteiger partial charge in [-0.3, -0.25) is 11.3 Å². The van der Waals surface area contributed by atoms with E-state index in [9.17, 15) is 0 Å². The van der Waals surface area contributed by atoms with E-state index in [4.69, 9.17) is 10.6 Å². The maximum Gasteiger partial charge on any atom is 0.124 e. The van der Waals surface area contributed by atoms with Crippen molar-refractivity contribution in [2.75, 3.05) is 7.11 Å². The van der Waals surface area contributed by atoms with Gasteiger partial charge < -0.3 is 4.74 Å². The standard InChI is InChI=1S/C18H30N2O/c1-13-11-14(2)18(17(12-13)21-3)16(20-19)10-9-15-7-5-4-6-8-15/h11-12,15-16,20H,4-10,19H2,1-3H3. The van der Waals surface area contributed by atoms with Crippen LogP contribution >= 0.6 is 0 Å². The van der Waals surface area contributed by atoms with Crippen molar-refractivity contribution in [2.45, 2.75) is 64.8 Å². The number of hydrazine groups is 1. The normalized spacial score (nSPS) is 17.7. The summed E-state index contributed by atoms with van der Waals surface area (Å²) in [6, 6.07) is 4.50. The highest BCUT2D eigenvalue weighted by Gasteiger charge is 2.20. The molecule has 0 aliphatic heterocycles. The molecule has 1 fully saturated rings. The number of hydrogen-bond donors (Lipinski definition) is 2. The Morgan fingerprint density at radius 2 is 1.95 bits per heavy atom. The molecule has 0 heterocycles. The number of methoxy groups -OCH3 is 1. The van der Waals surface area contributed by atoms with Crippen LogP contribution in [-0.2, 0) is 0 Å². The molecule has 2 rings (SSSR count). The van der Waals surface area contributed by atoms with Crippen molar-refractivity contribution in [1.82, 2.24) is 5.43 Å². The minimum Gasteiger partial charge on any atom is -0.496 e. The fraction of sp³-hybridized carbons (Fsp3) is 0.667. The number of aryl methyl sites for hydroxylation is 2. The third-order valence-electron chi connectivity index (χ3n) is 4.85. The highest BCUT2D eigenvalue weighted by molar-refractivity contribution is 5.45. The quantitative estimate of drug-likeness (QED) is 0.610. The number of rotatable bonds is 6. The van der Waals surface area contributed by atoms with Crippen LogP contribution in [-0.4, -0.2) is 7.11 Å². The van der Waals surface area contributed by atoms with Crippen LogP contribution in [0.4, 0.5) is 0 Å². The zero-order chi connectivity index (χ0) is 15.2. The third-order valence-corrected chi connectivity index (χ3v) is 4.85. The molecule has 1 atom stereocenters. The molecule has 1 aromatic carbocycles. The first kappa shape index (κ1) is 16.3. The lowest BCUT2D eigenvalue weighted by Crippen LogP contribution is -2.29. The van der Waals surface area contributed by atoms with Crippen LogP contribution < -0.4 is 16.0 Å². The molecule has 0 bridgehead atoms. The van der Waals surface area contributed by atoms with E-state index < -0.39 is 0 Å². The van der Waals surface area contributed by atoms with Gasteiger partial charge in [0.1, 0.15) is 5.75 Å². The molecule has 1 unspecified atom stereocenters. The molecule has 0 amide bonds. The Bertz CT molecular complexity index is 453. The largest absolute Gasteiger partial charge is 0.496 e. The van der Waals surface area contributed by atoms with Gasteiger partial charge in [-0.15, -0.1) is 0 Å². The topological polar surface area (TPSA) is 47.3 Å². The summed E-state index contributed by atoms with van der Waals surface area (Å²) < 4.78 is 5.59. The Balaban J connectivity index is 2.09. The van der Waals surface area contributed by atoms with Crippen LogP contribution in [0.25, 0.3) is 0 Å². The highest BCUT2D eigenvalue weighted by atomic mass is 16.5. The Morgan fingerprint density at radius 1 is 1.24 bits per heavy atom. The Kier molecular flexibility index (Phi) is 6.07. The van der Waals surface area contributed by atoms with Gasteiger partial charge in [0, 0.05) is 11.6 Å². The Morgan fingerprint density at radius 3 is 2.57 bits per heavy atom. The number of benzene rings is 1. The molecule has 1 aromatic rings. The predicted molar refractivity (Wildman–Crippen MR) is 88.3 cm³/mol. The van der Waals surface area contributed by atoms with E-state index >= 15 is 0 Å². The summed E-state index contributed by atoms with van der Waals surface area (Å²) in [6.07, 6.45) is 9.34. The molecule has 1 saturated carbocycles. The third kappa shape index (κ3) is 4.21. The van der Waals surface area contributed by atoms with Crippen molar-refractivity contribution >= 4 is 0 Å². The monoisotopic (exact) mass is 290 g/mol. The molecule has 118 valence electrons. The first-order valence-corrected chi connectivity index (χ1v) is 8.27. The van der Waals surface area contributed by atoms with Crippen LogP contribution in [0.2, 0.25) is 0 Å². The van der Waals surface area contributed by atoms with E-state index in [0.717, 1.165) is 18.1 Å². The molecule has 0 spiro atoms. The molecule has 0 saturated heterocycles. The fourth-order valence-corrected chi connectivity index (χ4v) is 3.74. The van der Waals surface area contributed by atoms with Gasteiger partial charge in [0.25, 0.3) is 0 Å². The van der Waals surface area contributed by atoms with Gasteiger partial charge in [0.05, 0.1) is 7.11 Å². The van der Waals surface area contributed by atoms with E-state index in [1.54, 1.807) is 7.11 Å². The second kappa shape index (κ2) is 7.81. The summed E-state index contributed by atoms with van der Waals surface area (Å²) in [6.45, 7) is 4.25. The van der Waals surface area contributed by atoms with Crippen LogP contribution in [0, 0.1) is 19.8 Å². The average molecular weight is 290 g/mol. The first-order chi connectivity index (χ1) is 10.2.